The Kier molecular flexibility index (Phi) is 6.78. The molecule has 0 atom stereocenters. The fraction of sp³-hybridized carbons (Fsp3) is 0.389. The Balaban J connectivity index is 2.39. The molecule has 0 amide bonds. The maximum atomic E-state index is 11.8. The molecule has 0 unspecified atom stereocenters. The van der Waals surface area contributed by atoms with Crippen molar-refractivity contribution in [2.75, 3.05) is 6.61 Å². The number of ether oxygens (including phenoxy) is 1. The monoisotopic (exact) mass is 272 g/mol. The zero-order valence-electron chi connectivity index (χ0n) is 12.6. The highest BCUT2D eigenvalue weighted by Crippen LogP contribution is 2.18. The van der Waals surface area contributed by atoms with Crippen LogP contribution in [-0.2, 0) is 16.0 Å². The van der Waals surface area contributed by atoms with Crippen molar-refractivity contribution < 1.29 is 9.53 Å². The first kappa shape index (κ1) is 16.2. The first-order chi connectivity index (χ1) is 9.53. The SMILES string of the molecule is CC/C=C/C=C/C(C)(C)COC(=O)Cc1ccccc1. The van der Waals surface area contributed by atoms with Gasteiger partial charge in [0.1, 0.15) is 0 Å². The Hall–Kier alpha value is -1.83. The third-order valence-electron chi connectivity index (χ3n) is 2.83. The molecule has 1 rings (SSSR count). The van der Waals surface area contributed by atoms with Gasteiger partial charge in [-0.25, -0.2) is 0 Å². The van der Waals surface area contributed by atoms with Crippen molar-refractivity contribution in [3.05, 3.63) is 60.2 Å². The molecule has 0 heterocycles. The van der Waals surface area contributed by atoms with Crippen molar-refractivity contribution >= 4 is 5.97 Å². The van der Waals surface area contributed by atoms with Gasteiger partial charge in [-0.1, -0.05) is 75.4 Å². The van der Waals surface area contributed by atoms with Gasteiger partial charge in [0.25, 0.3) is 0 Å². The number of hydrogen-bond acceptors (Lipinski definition) is 2. The fourth-order valence-electron chi connectivity index (χ4n) is 1.66. The summed E-state index contributed by atoms with van der Waals surface area (Å²) in [6.07, 6.45) is 9.54. The summed E-state index contributed by atoms with van der Waals surface area (Å²) < 4.78 is 5.35. The molecule has 20 heavy (non-hydrogen) atoms. The van der Waals surface area contributed by atoms with E-state index in [0.717, 1.165) is 12.0 Å². The molecule has 0 aliphatic heterocycles. The van der Waals surface area contributed by atoms with Crippen LogP contribution in [0.5, 0.6) is 0 Å². The number of carbonyl (C=O) groups excluding carboxylic acids is 1. The lowest BCUT2D eigenvalue weighted by Gasteiger charge is -2.19. The minimum atomic E-state index is -0.179. The van der Waals surface area contributed by atoms with Crippen LogP contribution in [0, 0.1) is 5.41 Å². The summed E-state index contributed by atoms with van der Waals surface area (Å²) >= 11 is 0. The molecule has 0 bridgehead atoms. The Bertz CT molecular complexity index is 456. The van der Waals surface area contributed by atoms with Crippen molar-refractivity contribution in [1.82, 2.24) is 0 Å². The van der Waals surface area contributed by atoms with Gasteiger partial charge in [0.05, 0.1) is 13.0 Å². The van der Waals surface area contributed by atoms with Crippen LogP contribution in [0.1, 0.15) is 32.8 Å². The molecule has 0 N–H and O–H groups in total. The molecule has 0 spiro atoms. The number of benzene rings is 1. The lowest BCUT2D eigenvalue weighted by molar-refractivity contribution is -0.145. The first-order valence-electron chi connectivity index (χ1n) is 7.07. The van der Waals surface area contributed by atoms with Gasteiger partial charge >= 0.3 is 5.97 Å². The summed E-state index contributed by atoms with van der Waals surface area (Å²) in [5, 5.41) is 0. The van der Waals surface area contributed by atoms with Crippen molar-refractivity contribution in [3.63, 3.8) is 0 Å². The van der Waals surface area contributed by atoms with E-state index in [2.05, 4.69) is 32.9 Å². The van der Waals surface area contributed by atoms with Gasteiger partial charge in [0, 0.05) is 5.41 Å². The number of allylic oxidation sites excluding steroid dienone is 3. The zero-order chi connectivity index (χ0) is 14.8. The second kappa shape index (κ2) is 8.36. The van der Waals surface area contributed by atoms with E-state index in [1.54, 1.807) is 0 Å². The zero-order valence-corrected chi connectivity index (χ0v) is 12.6. The lowest BCUT2D eigenvalue weighted by atomic mass is 9.94. The Morgan fingerprint density at radius 1 is 1.20 bits per heavy atom. The van der Waals surface area contributed by atoms with Gasteiger partial charge in [-0.05, 0) is 12.0 Å². The smallest absolute Gasteiger partial charge is 0.310 e. The molecule has 1 aromatic carbocycles. The molecule has 1 aromatic rings. The van der Waals surface area contributed by atoms with Crippen LogP contribution in [-0.4, -0.2) is 12.6 Å². The molecular weight excluding hydrogens is 248 g/mol. The maximum absolute atomic E-state index is 11.8. The summed E-state index contributed by atoms with van der Waals surface area (Å²) in [7, 11) is 0. The van der Waals surface area contributed by atoms with Crippen LogP contribution in [0.4, 0.5) is 0 Å². The average Bonchev–Trinajstić information content (AvgIpc) is 2.43. The predicted molar refractivity (Wildman–Crippen MR) is 83.5 cm³/mol. The largest absolute Gasteiger partial charge is 0.465 e. The predicted octanol–water partition coefficient (Wildman–Crippen LogP) is 4.32. The van der Waals surface area contributed by atoms with Gasteiger partial charge in [-0.2, -0.15) is 0 Å². The van der Waals surface area contributed by atoms with Gasteiger partial charge in [0.2, 0.25) is 0 Å². The molecule has 0 aromatic heterocycles. The normalized spacial score (nSPS) is 12.2. The fourth-order valence-corrected chi connectivity index (χ4v) is 1.66. The van der Waals surface area contributed by atoms with E-state index in [1.807, 2.05) is 42.5 Å². The van der Waals surface area contributed by atoms with Crippen LogP contribution in [0.25, 0.3) is 0 Å². The van der Waals surface area contributed by atoms with E-state index in [-0.39, 0.29) is 11.4 Å². The molecule has 2 nitrogen and oxygen atoms in total. The van der Waals surface area contributed by atoms with Crippen LogP contribution < -0.4 is 0 Å². The minimum absolute atomic E-state index is 0.148. The third-order valence-corrected chi connectivity index (χ3v) is 2.83. The van der Waals surface area contributed by atoms with E-state index in [1.165, 1.54) is 0 Å². The van der Waals surface area contributed by atoms with Crippen molar-refractivity contribution in [2.24, 2.45) is 5.41 Å². The molecular formula is C18H24O2. The highest BCUT2D eigenvalue weighted by molar-refractivity contribution is 5.72. The summed E-state index contributed by atoms with van der Waals surface area (Å²) in [5.41, 5.74) is 0.835. The molecule has 0 fully saturated rings. The van der Waals surface area contributed by atoms with Crippen LogP contribution in [0.15, 0.2) is 54.6 Å². The first-order valence-corrected chi connectivity index (χ1v) is 7.07. The summed E-state index contributed by atoms with van der Waals surface area (Å²) in [6.45, 7) is 6.61. The van der Waals surface area contributed by atoms with Gasteiger partial charge in [-0.15, -0.1) is 0 Å². The minimum Gasteiger partial charge on any atom is -0.465 e. The molecule has 0 saturated carbocycles. The lowest BCUT2D eigenvalue weighted by Crippen LogP contribution is -2.20. The topological polar surface area (TPSA) is 26.3 Å². The van der Waals surface area contributed by atoms with Gasteiger partial charge in [0.15, 0.2) is 0 Å². The van der Waals surface area contributed by atoms with Gasteiger partial charge in [-0.3, -0.25) is 4.79 Å². The van der Waals surface area contributed by atoms with Crippen LogP contribution >= 0.6 is 0 Å². The Morgan fingerprint density at radius 3 is 2.55 bits per heavy atom. The molecule has 0 saturated heterocycles. The van der Waals surface area contributed by atoms with Crippen molar-refractivity contribution in [2.45, 2.75) is 33.6 Å². The molecule has 0 aliphatic carbocycles. The standard InChI is InChI=1S/C18H24O2/c1-4-5-6-10-13-18(2,3)15-20-17(19)14-16-11-8-7-9-12-16/h5-13H,4,14-15H2,1-3H3/b6-5+,13-10+. The van der Waals surface area contributed by atoms with Crippen molar-refractivity contribution in [3.8, 4) is 0 Å². The van der Waals surface area contributed by atoms with Crippen LogP contribution in [0.3, 0.4) is 0 Å². The second-order valence-corrected chi connectivity index (χ2v) is 5.51. The molecule has 0 radical (unpaired) electrons. The highest BCUT2D eigenvalue weighted by atomic mass is 16.5. The maximum Gasteiger partial charge on any atom is 0.310 e. The van der Waals surface area contributed by atoms with Gasteiger partial charge < -0.3 is 4.74 Å². The number of rotatable bonds is 7. The highest BCUT2D eigenvalue weighted by Gasteiger charge is 2.16. The Labute approximate surface area is 122 Å². The van der Waals surface area contributed by atoms with E-state index >= 15 is 0 Å². The number of esters is 1. The summed E-state index contributed by atoms with van der Waals surface area (Å²) in [5.74, 6) is -0.179. The van der Waals surface area contributed by atoms with E-state index in [0.29, 0.717) is 13.0 Å². The van der Waals surface area contributed by atoms with E-state index in [9.17, 15) is 4.79 Å². The average molecular weight is 272 g/mol. The third kappa shape index (κ3) is 6.93. The molecule has 2 heteroatoms. The molecule has 108 valence electrons. The van der Waals surface area contributed by atoms with Crippen LogP contribution in [0.2, 0.25) is 0 Å². The number of hydrogen-bond donors (Lipinski definition) is 0. The van der Waals surface area contributed by atoms with E-state index in [4.69, 9.17) is 4.74 Å². The quantitative estimate of drug-likeness (QED) is 0.546. The van der Waals surface area contributed by atoms with Crippen molar-refractivity contribution in [1.29, 1.82) is 0 Å². The molecule has 0 aliphatic rings. The Morgan fingerprint density at radius 2 is 1.90 bits per heavy atom. The number of carbonyl (C=O) groups is 1. The summed E-state index contributed by atoms with van der Waals surface area (Å²) in [6, 6.07) is 9.65. The van der Waals surface area contributed by atoms with E-state index < -0.39 is 0 Å². The second-order valence-electron chi connectivity index (χ2n) is 5.51. The summed E-state index contributed by atoms with van der Waals surface area (Å²) in [4.78, 5) is 11.8.